The van der Waals surface area contributed by atoms with Crippen LogP contribution in [0, 0.1) is 10.1 Å². The lowest BCUT2D eigenvalue weighted by molar-refractivity contribution is -0.384. The number of anilines is 1. The van der Waals surface area contributed by atoms with Crippen molar-refractivity contribution in [3.05, 3.63) is 69.2 Å². The van der Waals surface area contributed by atoms with Gasteiger partial charge in [0.05, 0.1) is 15.6 Å². The fraction of sp³-hybridized carbons (Fsp3) is 0.0667. The molecule has 0 fully saturated rings. The highest BCUT2D eigenvalue weighted by atomic mass is 35.5. The molecule has 8 heteroatoms. The van der Waals surface area contributed by atoms with Gasteiger partial charge in [-0.1, -0.05) is 23.7 Å². The highest BCUT2D eigenvalue weighted by Crippen LogP contribution is 2.22. The minimum atomic E-state index is -1.48. The number of ketones is 1. The molecule has 1 atom stereocenters. The van der Waals surface area contributed by atoms with Gasteiger partial charge in [0.1, 0.15) is 0 Å². The maximum atomic E-state index is 12.1. The fourth-order valence-corrected chi connectivity index (χ4v) is 2.13. The Morgan fingerprint density at radius 3 is 2.26 bits per heavy atom. The van der Waals surface area contributed by atoms with Gasteiger partial charge in [-0.2, -0.15) is 0 Å². The van der Waals surface area contributed by atoms with E-state index in [1.54, 1.807) is 24.3 Å². The molecule has 118 valence electrons. The SMILES string of the molecule is O=C(Nc1ccccc1Cl)C(Cl)C(=O)c1ccc([N+](=O)[O-])cc1. The largest absolute Gasteiger partial charge is 0.323 e. The molecule has 2 aromatic rings. The summed E-state index contributed by atoms with van der Waals surface area (Å²) in [5, 5.41) is 11.9. The Kier molecular flexibility index (Phi) is 5.31. The molecule has 0 heterocycles. The van der Waals surface area contributed by atoms with E-state index in [0.29, 0.717) is 10.7 Å². The Bertz CT molecular complexity index is 762. The van der Waals surface area contributed by atoms with Gasteiger partial charge in [0, 0.05) is 17.7 Å². The van der Waals surface area contributed by atoms with Crippen LogP contribution in [-0.4, -0.2) is 22.0 Å². The molecular formula is C15H10Cl2N2O4. The first-order valence-corrected chi connectivity index (χ1v) is 7.19. The predicted octanol–water partition coefficient (Wildman–Crippen LogP) is 3.68. The molecule has 2 aromatic carbocycles. The molecule has 0 saturated carbocycles. The number of alkyl halides is 1. The van der Waals surface area contributed by atoms with E-state index in [4.69, 9.17) is 23.2 Å². The van der Waals surface area contributed by atoms with Crippen molar-refractivity contribution in [2.24, 2.45) is 0 Å². The van der Waals surface area contributed by atoms with Crippen LogP contribution in [0.4, 0.5) is 11.4 Å². The van der Waals surface area contributed by atoms with Crippen LogP contribution in [0.5, 0.6) is 0 Å². The number of hydrogen-bond acceptors (Lipinski definition) is 4. The number of para-hydroxylation sites is 1. The molecule has 0 saturated heterocycles. The van der Waals surface area contributed by atoms with E-state index in [9.17, 15) is 19.7 Å². The number of nitro groups is 1. The van der Waals surface area contributed by atoms with Crippen LogP contribution in [0.3, 0.4) is 0 Å². The van der Waals surface area contributed by atoms with Crippen LogP contribution in [0.15, 0.2) is 48.5 Å². The number of nitrogens with zero attached hydrogens (tertiary/aromatic N) is 1. The van der Waals surface area contributed by atoms with Gasteiger partial charge in [0.15, 0.2) is 11.2 Å². The van der Waals surface area contributed by atoms with Crippen LogP contribution in [0.2, 0.25) is 5.02 Å². The lowest BCUT2D eigenvalue weighted by atomic mass is 10.1. The number of nitro benzene ring substituents is 1. The quantitative estimate of drug-likeness (QED) is 0.292. The lowest BCUT2D eigenvalue weighted by Gasteiger charge is -2.11. The Morgan fingerprint density at radius 2 is 1.70 bits per heavy atom. The number of nitrogens with one attached hydrogen (secondary N) is 1. The summed E-state index contributed by atoms with van der Waals surface area (Å²) in [7, 11) is 0. The second kappa shape index (κ2) is 7.21. The number of non-ortho nitro benzene ring substituents is 1. The molecule has 1 unspecified atom stereocenters. The topological polar surface area (TPSA) is 89.3 Å². The summed E-state index contributed by atoms with van der Waals surface area (Å²) in [4.78, 5) is 34.2. The summed E-state index contributed by atoms with van der Waals surface area (Å²) in [6.07, 6.45) is 0. The van der Waals surface area contributed by atoms with Crippen molar-refractivity contribution >= 4 is 46.3 Å². The van der Waals surface area contributed by atoms with Gasteiger partial charge < -0.3 is 5.32 Å². The zero-order valence-corrected chi connectivity index (χ0v) is 13.0. The first-order chi connectivity index (χ1) is 10.9. The second-order valence-electron chi connectivity index (χ2n) is 4.50. The Labute approximate surface area is 141 Å². The van der Waals surface area contributed by atoms with Crippen LogP contribution < -0.4 is 5.32 Å². The first-order valence-electron chi connectivity index (χ1n) is 6.38. The molecule has 0 aliphatic heterocycles. The molecule has 0 spiro atoms. The summed E-state index contributed by atoms with van der Waals surface area (Å²) in [6, 6.07) is 11.3. The van der Waals surface area contributed by atoms with E-state index in [-0.39, 0.29) is 11.3 Å². The number of rotatable bonds is 5. The Hall–Kier alpha value is -2.44. The molecule has 0 aliphatic carbocycles. The summed E-state index contributed by atoms with van der Waals surface area (Å²) < 4.78 is 0. The summed E-state index contributed by atoms with van der Waals surface area (Å²) in [5.41, 5.74) is 0.277. The minimum Gasteiger partial charge on any atom is -0.323 e. The number of hydrogen-bond donors (Lipinski definition) is 1. The molecule has 23 heavy (non-hydrogen) atoms. The van der Waals surface area contributed by atoms with Crippen molar-refractivity contribution in [1.29, 1.82) is 0 Å². The van der Waals surface area contributed by atoms with E-state index in [2.05, 4.69) is 5.32 Å². The average Bonchev–Trinajstić information content (AvgIpc) is 2.55. The number of benzene rings is 2. The van der Waals surface area contributed by atoms with E-state index in [1.165, 1.54) is 24.3 Å². The number of carbonyl (C=O) groups excluding carboxylic acids is 2. The maximum absolute atomic E-state index is 12.1. The van der Waals surface area contributed by atoms with E-state index in [0.717, 1.165) is 0 Å². The molecule has 1 N–H and O–H groups in total. The molecular weight excluding hydrogens is 343 g/mol. The molecule has 6 nitrogen and oxygen atoms in total. The van der Waals surface area contributed by atoms with Crippen molar-refractivity contribution < 1.29 is 14.5 Å². The predicted molar refractivity (Wildman–Crippen MR) is 87.1 cm³/mol. The molecule has 0 radical (unpaired) electrons. The monoisotopic (exact) mass is 352 g/mol. The number of amides is 1. The van der Waals surface area contributed by atoms with Crippen LogP contribution >= 0.6 is 23.2 Å². The van der Waals surface area contributed by atoms with Crippen LogP contribution in [0.1, 0.15) is 10.4 Å². The zero-order valence-electron chi connectivity index (χ0n) is 11.5. The lowest BCUT2D eigenvalue weighted by Crippen LogP contribution is -2.30. The van der Waals surface area contributed by atoms with Gasteiger partial charge in [-0.05, 0) is 24.3 Å². The van der Waals surface area contributed by atoms with Crippen molar-refractivity contribution in [2.75, 3.05) is 5.32 Å². The van der Waals surface area contributed by atoms with Crippen LogP contribution in [-0.2, 0) is 4.79 Å². The maximum Gasteiger partial charge on any atom is 0.269 e. The molecule has 0 aromatic heterocycles. The fourth-order valence-electron chi connectivity index (χ4n) is 1.77. The molecule has 0 bridgehead atoms. The number of carbonyl (C=O) groups is 2. The van der Waals surface area contributed by atoms with Gasteiger partial charge in [-0.3, -0.25) is 19.7 Å². The van der Waals surface area contributed by atoms with Gasteiger partial charge in [0.2, 0.25) is 5.91 Å². The Balaban J connectivity index is 2.11. The Morgan fingerprint density at radius 1 is 1.09 bits per heavy atom. The second-order valence-corrected chi connectivity index (χ2v) is 5.34. The van der Waals surface area contributed by atoms with Gasteiger partial charge >= 0.3 is 0 Å². The van der Waals surface area contributed by atoms with Crippen LogP contribution in [0.25, 0.3) is 0 Å². The summed E-state index contributed by atoms with van der Waals surface area (Å²) in [6.45, 7) is 0. The number of halogens is 2. The van der Waals surface area contributed by atoms with Crippen molar-refractivity contribution in [3.63, 3.8) is 0 Å². The number of Topliss-reactive ketones (excluding diaryl/α,β-unsaturated/α-hetero) is 1. The smallest absolute Gasteiger partial charge is 0.269 e. The third-order valence-electron chi connectivity index (χ3n) is 2.95. The van der Waals surface area contributed by atoms with Gasteiger partial charge in [-0.25, -0.2) is 0 Å². The highest BCUT2D eigenvalue weighted by molar-refractivity contribution is 6.45. The van der Waals surface area contributed by atoms with Crippen molar-refractivity contribution in [3.8, 4) is 0 Å². The zero-order chi connectivity index (χ0) is 17.0. The van der Waals surface area contributed by atoms with Gasteiger partial charge in [-0.15, -0.1) is 11.6 Å². The average molecular weight is 353 g/mol. The standard InChI is InChI=1S/C15H10Cl2N2O4/c16-11-3-1-2-4-12(11)18-15(21)13(17)14(20)9-5-7-10(8-6-9)19(22)23/h1-8,13H,(H,18,21). The van der Waals surface area contributed by atoms with E-state index in [1.807, 2.05) is 0 Å². The summed E-state index contributed by atoms with van der Waals surface area (Å²) >= 11 is 11.8. The van der Waals surface area contributed by atoms with E-state index < -0.39 is 22.0 Å². The highest BCUT2D eigenvalue weighted by Gasteiger charge is 2.26. The van der Waals surface area contributed by atoms with Crippen molar-refractivity contribution in [2.45, 2.75) is 5.38 Å². The molecule has 2 rings (SSSR count). The third-order valence-corrected chi connectivity index (χ3v) is 3.68. The van der Waals surface area contributed by atoms with Crippen molar-refractivity contribution in [1.82, 2.24) is 0 Å². The molecule has 1 amide bonds. The molecule has 0 aliphatic rings. The van der Waals surface area contributed by atoms with Gasteiger partial charge in [0.25, 0.3) is 5.69 Å². The normalized spacial score (nSPS) is 11.6. The minimum absolute atomic E-state index is 0.102. The third kappa shape index (κ3) is 4.06. The van der Waals surface area contributed by atoms with E-state index >= 15 is 0 Å². The first kappa shape index (κ1) is 16.9. The summed E-state index contributed by atoms with van der Waals surface area (Å²) in [5.74, 6) is -1.39.